The molecule has 0 saturated heterocycles. The van der Waals surface area contributed by atoms with Gasteiger partial charge >= 0.3 is 5.97 Å². The number of rotatable bonds is 6. The number of hydrogen-bond acceptors (Lipinski definition) is 3. The highest BCUT2D eigenvalue weighted by atomic mass is 16.5. The van der Waals surface area contributed by atoms with Crippen LogP contribution in [0.2, 0.25) is 0 Å². The van der Waals surface area contributed by atoms with Crippen molar-refractivity contribution in [3.8, 4) is 0 Å². The molecule has 3 rings (SSSR count). The molecule has 2 aromatic rings. The van der Waals surface area contributed by atoms with Crippen LogP contribution in [-0.2, 0) is 20.7 Å². The van der Waals surface area contributed by atoms with E-state index in [1.165, 1.54) is 5.56 Å². The Hall–Kier alpha value is -2.88. The SMILES string of the molecule is CCCc1ccc(C2=C(C(=O)OCC)CC(=O)N2c2ccccc2)cc1. The summed E-state index contributed by atoms with van der Waals surface area (Å²) in [6.07, 6.45) is 2.13. The number of benzene rings is 2. The first-order chi connectivity index (χ1) is 12.7. The van der Waals surface area contributed by atoms with E-state index in [4.69, 9.17) is 4.74 Å². The first-order valence-electron chi connectivity index (χ1n) is 9.03. The number of amides is 1. The van der Waals surface area contributed by atoms with Crippen molar-refractivity contribution in [2.45, 2.75) is 33.1 Å². The fourth-order valence-corrected chi connectivity index (χ4v) is 3.23. The number of anilines is 1. The Morgan fingerprint density at radius 2 is 1.73 bits per heavy atom. The second kappa shape index (κ2) is 8.00. The van der Waals surface area contributed by atoms with Crippen molar-refractivity contribution in [2.24, 2.45) is 0 Å². The molecule has 0 atom stereocenters. The van der Waals surface area contributed by atoms with Gasteiger partial charge in [-0.1, -0.05) is 55.8 Å². The number of carbonyl (C=O) groups is 2. The van der Waals surface area contributed by atoms with Crippen LogP contribution in [0.25, 0.3) is 5.70 Å². The molecule has 1 aliphatic heterocycles. The maximum Gasteiger partial charge on any atom is 0.336 e. The molecule has 2 aromatic carbocycles. The molecular weight excluding hydrogens is 326 g/mol. The lowest BCUT2D eigenvalue weighted by Gasteiger charge is -2.21. The zero-order chi connectivity index (χ0) is 18.5. The summed E-state index contributed by atoms with van der Waals surface area (Å²) >= 11 is 0. The van der Waals surface area contributed by atoms with Crippen LogP contribution in [0.5, 0.6) is 0 Å². The number of esters is 1. The van der Waals surface area contributed by atoms with Gasteiger partial charge in [-0.3, -0.25) is 9.69 Å². The Morgan fingerprint density at radius 3 is 2.35 bits per heavy atom. The third-order valence-corrected chi connectivity index (χ3v) is 4.39. The van der Waals surface area contributed by atoms with Gasteiger partial charge in [0.05, 0.1) is 24.3 Å². The van der Waals surface area contributed by atoms with E-state index in [0.717, 1.165) is 24.1 Å². The fourth-order valence-electron chi connectivity index (χ4n) is 3.23. The van der Waals surface area contributed by atoms with Gasteiger partial charge in [-0.25, -0.2) is 4.79 Å². The maximum absolute atomic E-state index is 12.7. The lowest BCUT2D eigenvalue weighted by molar-refractivity contribution is -0.139. The van der Waals surface area contributed by atoms with Crippen molar-refractivity contribution >= 4 is 23.3 Å². The standard InChI is InChI=1S/C22H23NO3/c1-3-8-16-11-13-17(14-12-16)21-19(22(25)26-4-2)15-20(24)23(21)18-9-6-5-7-10-18/h5-7,9-14H,3-4,8,15H2,1-2H3. The predicted molar refractivity (Wildman–Crippen MR) is 103 cm³/mol. The summed E-state index contributed by atoms with van der Waals surface area (Å²) in [4.78, 5) is 26.8. The molecule has 0 radical (unpaired) electrons. The first-order valence-corrected chi connectivity index (χ1v) is 9.03. The topological polar surface area (TPSA) is 46.6 Å². The van der Waals surface area contributed by atoms with E-state index in [-0.39, 0.29) is 18.9 Å². The molecule has 4 nitrogen and oxygen atoms in total. The van der Waals surface area contributed by atoms with Crippen LogP contribution in [0.3, 0.4) is 0 Å². The highest BCUT2D eigenvalue weighted by Gasteiger charge is 2.36. The largest absolute Gasteiger partial charge is 0.463 e. The van der Waals surface area contributed by atoms with Gasteiger partial charge in [-0.05, 0) is 36.6 Å². The van der Waals surface area contributed by atoms with Crippen LogP contribution in [-0.4, -0.2) is 18.5 Å². The summed E-state index contributed by atoms with van der Waals surface area (Å²) in [5.74, 6) is -0.543. The molecule has 0 aromatic heterocycles. The van der Waals surface area contributed by atoms with E-state index < -0.39 is 5.97 Å². The number of hydrogen-bond donors (Lipinski definition) is 0. The molecule has 0 spiro atoms. The zero-order valence-corrected chi connectivity index (χ0v) is 15.2. The average molecular weight is 349 g/mol. The van der Waals surface area contributed by atoms with Gasteiger partial charge in [0.15, 0.2) is 0 Å². The summed E-state index contributed by atoms with van der Waals surface area (Å²) in [7, 11) is 0. The van der Waals surface area contributed by atoms with Gasteiger partial charge < -0.3 is 4.74 Å². The average Bonchev–Trinajstić information content (AvgIpc) is 3.01. The van der Waals surface area contributed by atoms with Gasteiger partial charge in [0.25, 0.3) is 0 Å². The molecule has 1 heterocycles. The monoisotopic (exact) mass is 349 g/mol. The van der Waals surface area contributed by atoms with Crippen molar-refractivity contribution in [1.29, 1.82) is 0 Å². The van der Waals surface area contributed by atoms with Gasteiger partial charge in [0.2, 0.25) is 5.91 Å². The minimum atomic E-state index is -0.424. The zero-order valence-electron chi connectivity index (χ0n) is 15.2. The van der Waals surface area contributed by atoms with E-state index in [1.807, 2.05) is 42.5 Å². The second-order valence-corrected chi connectivity index (χ2v) is 6.24. The third-order valence-electron chi connectivity index (χ3n) is 4.39. The number of aryl methyl sites for hydroxylation is 1. The molecule has 1 aliphatic rings. The van der Waals surface area contributed by atoms with Crippen molar-refractivity contribution in [2.75, 3.05) is 11.5 Å². The predicted octanol–water partition coefficient (Wildman–Crippen LogP) is 4.35. The van der Waals surface area contributed by atoms with E-state index in [2.05, 4.69) is 19.1 Å². The lowest BCUT2D eigenvalue weighted by Crippen LogP contribution is -2.23. The number of carbonyl (C=O) groups excluding carboxylic acids is 2. The summed E-state index contributed by atoms with van der Waals surface area (Å²) in [5, 5.41) is 0. The van der Waals surface area contributed by atoms with Crippen LogP contribution in [0.1, 0.15) is 37.8 Å². The molecule has 0 fully saturated rings. The molecule has 0 saturated carbocycles. The van der Waals surface area contributed by atoms with Crippen LogP contribution in [0.15, 0.2) is 60.2 Å². The minimum Gasteiger partial charge on any atom is -0.463 e. The van der Waals surface area contributed by atoms with Gasteiger partial charge in [-0.2, -0.15) is 0 Å². The molecule has 1 amide bonds. The van der Waals surface area contributed by atoms with Gasteiger partial charge in [0, 0.05) is 5.69 Å². The molecular formula is C22H23NO3. The smallest absolute Gasteiger partial charge is 0.336 e. The van der Waals surface area contributed by atoms with E-state index >= 15 is 0 Å². The summed E-state index contributed by atoms with van der Waals surface area (Å²) < 4.78 is 5.20. The van der Waals surface area contributed by atoms with E-state index in [0.29, 0.717) is 11.3 Å². The maximum atomic E-state index is 12.7. The van der Waals surface area contributed by atoms with Crippen molar-refractivity contribution in [3.05, 3.63) is 71.3 Å². The molecule has 0 unspecified atom stereocenters. The fraction of sp³-hybridized carbons (Fsp3) is 0.273. The summed E-state index contributed by atoms with van der Waals surface area (Å²) in [6.45, 7) is 4.19. The molecule has 26 heavy (non-hydrogen) atoms. The minimum absolute atomic E-state index is 0.0553. The molecule has 0 aliphatic carbocycles. The first kappa shape index (κ1) is 17.9. The quantitative estimate of drug-likeness (QED) is 0.729. The van der Waals surface area contributed by atoms with Gasteiger partial charge in [-0.15, -0.1) is 0 Å². The number of nitrogens with zero attached hydrogens (tertiary/aromatic N) is 1. The molecule has 0 bridgehead atoms. The molecule has 134 valence electrons. The Bertz CT molecular complexity index is 822. The normalized spacial score (nSPS) is 14.1. The van der Waals surface area contributed by atoms with Crippen molar-refractivity contribution in [1.82, 2.24) is 0 Å². The molecule has 0 N–H and O–H groups in total. The second-order valence-electron chi connectivity index (χ2n) is 6.24. The highest BCUT2D eigenvalue weighted by Crippen LogP contribution is 2.37. The van der Waals surface area contributed by atoms with Crippen molar-refractivity contribution < 1.29 is 14.3 Å². The Labute approximate surface area is 154 Å². The number of ether oxygens (including phenoxy) is 1. The Balaban J connectivity index is 2.09. The Kier molecular flexibility index (Phi) is 5.52. The molecule has 4 heteroatoms. The summed E-state index contributed by atoms with van der Waals surface area (Å²) in [6, 6.07) is 17.5. The van der Waals surface area contributed by atoms with Gasteiger partial charge in [0.1, 0.15) is 0 Å². The van der Waals surface area contributed by atoms with E-state index in [9.17, 15) is 9.59 Å². The van der Waals surface area contributed by atoms with Crippen molar-refractivity contribution in [3.63, 3.8) is 0 Å². The Morgan fingerprint density at radius 1 is 1.04 bits per heavy atom. The highest BCUT2D eigenvalue weighted by molar-refractivity contribution is 6.19. The summed E-state index contributed by atoms with van der Waals surface area (Å²) in [5.41, 5.74) is 3.89. The van der Waals surface area contributed by atoms with Crippen LogP contribution in [0, 0.1) is 0 Å². The lowest BCUT2D eigenvalue weighted by atomic mass is 10.0. The number of para-hydroxylation sites is 1. The van der Waals surface area contributed by atoms with E-state index in [1.54, 1.807) is 11.8 Å². The third kappa shape index (κ3) is 3.54. The van der Waals surface area contributed by atoms with Crippen LogP contribution in [0.4, 0.5) is 5.69 Å². The van der Waals surface area contributed by atoms with Crippen LogP contribution < -0.4 is 4.90 Å². The van der Waals surface area contributed by atoms with Crippen LogP contribution >= 0.6 is 0 Å².